The molecule has 1 aliphatic rings. The summed E-state index contributed by atoms with van der Waals surface area (Å²) in [7, 11) is 0. The minimum absolute atomic E-state index is 0.0153. The highest BCUT2D eigenvalue weighted by Crippen LogP contribution is 2.43. The van der Waals surface area contributed by atoms with Gasteiger partial charge < -0.3 is 10.8 Å². The lowest BCUT2D eigenvalue weighted by Gasteiger charge is -2.37. The van der Waals surface area contributed by atoms with Crippen LogP contribution in [0.4, 0.5) is 0 Å². The highest BCUT2D eigenvalue weighted by molar-refractivity contribution is 9.10. The highest BCUT2D eigenvalue weighted by atomic mass is 79.9. The molecule has 3 heteroatoms. The van der Waals surface area contributed by atoms with Crippen molar-refractivity contribution in [2.45, 2.75) is 44.4 Å². The average molecular weight is 298 g/mol. The lowest BCUT2D eigenvalue weighted by atomic mass is 9.69. The van der Waals surface area contributed by atoms with Crippen LogP contribution in [0, 0.1) is 6.92 Å². The quantitative estimate of drug-likeness (QED) is 0.876. The van der Waals surface area contributed by atoms with Crippen LogP contribution in [0.1, 0.15) is 43.2 Å². The molecule has 0 bridgehead atoms. The van der Waals surface area contributed by atoms with Crippen LogP contribution < -0.4 is 5.73 Å². The molecule has 1 aromatic rings. The fraction of sp³-hybridized carbons (Fsp3) is 0.571. The van der Waals surface area contributed by atoms with Gasteiger partial charge >= 0.3 is 0 Å². The van der Waals surface area contributed by atoms with Crippen LogP contribution in [0.25, 0.3) is 0 Å². The molecule has 1 aromatic carbocycles. The van der Waals surface area contributed by atoms with Gasteiger partial charge in [0.1, 0.15) is 5.75 Å². The summed E-state index contributed by atoms with van der Waals surface area (Å²) < 4.78 is 1.06. The minimum Gasteiger partial charge on any atom is -0.508 e. The molecule has 1 aliphatic carbocycles. The maximum atomic E-state index is 10.2. The van der Waals surface area contributed by atoms with Crippen LogP contribution in [0.15, 0.2) is 16.6 Å². The first kappa shape index (κ1) is 12.9. The molecule has 0 aliphatic heterocycles. The number of hydrogen-bond donors (Lipinski definition) is 2. The molecule has 0 amide bonds. The molecular weight excluding hydrogens is 278 g/mol. The number of phenols is 1. The van der Waals surface area contributed by atoms with E-state index in [-0.39, 0.29) is 5.41 Å². The Balaban J connectivity index is 2.46. The van der Waals surface area contributed by atoms with Gasteiger partial charge in [-0.05, 0) is 37.5 Å². The van der Waals surface area contributed by atoms with Crippen LogP contribution in [0.5, 0.6) is 5.75 Å². The molecule has 0 spiro atoms. The second kappa shape index (κ2) is 4.99. The minimum atomic E-state index is -0.0153. The summed E-state index contributed by atoms with van der Waals surface area (Å²) >= 11 is 3.55. The van der Waals surface area contributed by atoms with E-state index in [1.807, 2.05) is 13.0 Å². The molecule has 2 nitrogen and oxygen atoms in total. The van der Waals surface area contributed by atoms with Gasteiger partial charge in [-0.2, -0.15) is 0 Å². The van der Waals surface area contributed by atoms with Gasteiger partial charge in [0.15, 0.2) is 0 Å². The van der Waals surface area contributed by atoms with Crippen LogP contribution in [-0.2, 0) is 5.41 Å². The molecule has 0 heterocycles. The normalized spacial score (nSPS) is 19.2. The van der Waals surface area contributed by atoms with Crippen molar-refractivity contribution in [3.05, 3.63) is 27.7 Å². The fourth-order valence-corrected chi connectivity index (χ4v) is 3.25. The summed E-state index contributed by atoms with van der Waals surface area (Å²) in [4.78, 5) is 0. The van der Waals surface area contributed by atoms with Gasteiger partial charge in [-0.15, -0.1) is 0 Å². The largest absolute Gasteiger partial charge is 0.508 e. The maximum absolute atomic E-state index is 10.2. The molecular formula is C14H20BrNO. The fourth-order valence-electron chi connectivity index (χ4n) is 2.90. The summed E-state index contributed by atoms with van der Waals surface area (Å²) in [6, 6.07) is 3.90. The first-order chi connectivity index (χ1) is 8.09. The number of benzene rings is 1. The molecule has 3 N–H and O–H groups in total. The lowest BCUT2D eigenvalue weighted by molar-refractivity contribution is 0.290. The molecule has 0 saturated heterocycles. The Hall–Kier alpha value is -0.540. The Morgan fingerprint density at radius 3 is 2.53 bits per heavy atom. The molecule has 1 saturated carbocycles. The Labute approximate surface area is 111 Å². The van der Waals surface area contributed by atoms with Crippen molar-refractivity contribution in [2.75, 3.05) is 6.54 Å². The van der Waals surface area contributed by atoms with Crippen LogP contribution in [-0.4, -0.2) is 11.7 Å². The third-order valence-corrected chi connectivity index (χ3v) is 4.90. The third kappa shape index (κ3) is 2.36. The second-order valence-corrected chi connectivity index (χ2v) is 6.02. The predicted molar refractivity (Wildman–Crippen MR) is 74.4 cm³/mol. The van der Waals surface area contributed by atoms with Gasteiger partial charge in [-0.25, -0.2) is 0 Å². The van der Waals surface area contributed by atoms with Gasteiger partial charge in [-0.1, -0.05) is 35.2 Å². The number of aryl methyl sites for hydroxylation is 1. The van der Waals surface area contributed by atoms with E-state index in [0.717, 1.165) is 28.4 Å². The zero-order chi connectivity index (χ0) is 12.5. The van der Waals surface area contributed by atoms with E-state index in [1.54, 1.807) is 0 Å². The smallest absolute Gasteiger partial charge is 0.119 e. The average Bonchev–Trinajstić information content (AvgIpc) is 2.34. The maximum Gasteiger partial charge on any atom is 0.119 e. The van der Waals surface area contributed by atoms with Crippen molar-refractivity contribution in [3.8, 4) is 5.75 Å². The van der Waals surface area contributed by atoms with Crippen molar-refractivity contribution in [1.29, 1.82) is 0 Å². The van der Waals surface area contributed by atoms with E-state index < -0.39 is 0 Å². The number of rotatable bonds is 2. The van der Waals surface area contributed by atoms with Gasteiger partial charge in [0.2, 0.25) is 0 Å². The number of nitrogens with two attached hydrogens (primary N) is 1. The molecule has 1 fully saturated rings. The summed E-state index contributed by atoms with van der Waals surface area (Å²) in [6.45, 7) is 2.61. The van der Waals surface area contributed by atoms with Gasteiger partial charge in [0.05, 0.1) is 0 Å². The second-order valence-electron chi connectivity index (χ2n) is 5.16. The Morgan fingerprint density at radius 1 is 1.29 bits per heavy atom. The lowest BCUT2D eigenvalue weighted by Crippen LogP contribution is -2.37. The van der Waals surface area contributed by atoms with Crippen LogP contribution in [0.3, 0.4) is 0 Å². The van der Waals surface area contributed by atoms with Gasteiger partial charge in [0, 0.05) is 22.0 Å². The van der Waals surface area contributed by atoms with Crippen molar-refractivity contribution in [1.82, 2.24) is 0 Å². The number of halogens is 1. The number of hydrogen-bond acceptors (Lipinski definition) is 2. The molecule has 94 valence electrons. The first-order valence-corrected chi connectivity index (χ1v) is 7.08. The SMILES string of the molecule is Cc1cc(O)c(C2(CN)CCCCC2)cc1Br. The topological polar surface area (TPSA) is 46.2 Å². The molecule has 0 atom stereocenters. The van der Waals surface area contributed by atoms with Crippen LogP contribution >= 0.6 is 15.9 Å². The number of phenolic OH excluding ortho intramolecular Hbond substituents is 1. The van der Waals surface area contributed by atoms with E-state index >= 15 is 0 Å². The first-order valence-electron chi connectivity index (χ1n) is 6.29. The Kier molecular flexibility index (Phi) is 3.79. The molecule has 0 unspecified atom stereocenters. The van der Waals surface area contributed by atoms with Crippen molar-refractivity contribution >= 4 is 15.9 Å². The standard InChI is InChI=1S/C14H20BrNO/c1-10-7-13(17)11(8-12(10)15)14(9-16)5-3-2-4-6-14/h7-8,17H,2-6,9,16H2,1H3. The zero-order valence-corrected chi connectivity index (χ0v) is 11.9. The highest BCUT2D eigenvalue weighted by Gasteiger charge is 2.34. The molecule has 2 rings (SSSR count). The van der Waals surface area contributed by atoms with E-state index in [1.165, 1.54) is 19.3 Å². The van der Waals surface area contributed by atoms with Crippen molar-refractivity contribution < 1.29 is 5.11 Å². The van der Waals surface area contributed by atoms with Gasteiger partial charge in [0.25, 0.3) is 0 Å². The Morgan fingerprint density at radius 2 is 1.94 bits per heavy atom. The molecule has 0 aromatic heterocycles. The zero-order valence-electron chi connectivity index (χ0n) is 10.3. The van der Waals surface area contributed by atoms with Crippen LogP contribution in [0.2, 0.25) is 0 Å². The van der Waals surface area contributed by atoms with E-state index in [4.69, 9.17) is 5.73 Å². The van der Waals surface area contributed by atoms with E-state index in [9.17, 15) is 5.11 Å². The summed E-state index contributed by atoms with van der Waals surface area (Å²) in [6.07, 6.45) is 5.89. The third-order valence-electron chi connectivity index (χ3n) is 4.05. The van der Waals surface area contributed by atoms with Crippen molar-refractivity contribution in [3.63, 3.8) is 0 Å². The van der Waals surface area contributed by atoms with Crippen molar-refractivity contribution in [2.24, 2.45) is 5.73 Å². The van der Waals surface area contributed by atoms with E-state index in [0.29, 0.717) is 12.3 Å². The molecule has 17 heavy (non-hydrogen) atoms. The summed E-state index contributed by atoms with van der Waals surface area (Å²) in [5.41, 5.74) is 8.07. The predicted octanol–water partition coefficient (Wildman–Crippen LogP) is 3.62. The van der Waals surface area contributed by atoms with Gasteiger partial charge in [-0.3, -0.25) is 0 Å². The summed E-state index contributed by atoms with van der Waals surface area (Å²) in [5, 5.41) is 10.2. The number of aromatic hydroxyl groups is 1. The summed E-state index contributed by atoms with van der Waals surface area (Å²) in [5.74, 6) is 0.401. The monoisotopic (exact) mass is 297 g/mol. The van der Waals surface area contributed by atoms with E-state index in [2.05, 4.69) is 22.0 Å². The molecule has 0 radical (unpaired) electrons. The Bertz CT molecular complexity index is 411.